The maximum Gasteiger partial charge on any atom is 0.168 e. The van der Waals surface area contributed by atoms with Crippen LogP contribution in [0, 0.1) is 11.6 Å². The highest BCUT2D eigenvalue weighted by Gasteiger charge is 2.36. The molecule has 0 amide bonds. The molecule has 1 atom stereocenters. The van der Waals surface area contributed by atoms with Crippen molar-refractivity contribution in [3.8, 4) is 16.9 Å². The summed E-state index contributed by atoms with van der Waals surface area (Å²) in [5, 5.41) is 3.56. The van der Waals surface area contributed by atoms with Gasteiger partial charge in [0.2, 0.25) is 0 Å². The zero-order valence-corrected chi connectivity index (χ0v) is 16.8. The van der Waals surface area contributed by atoms with Crippen LogP contribution in [0.2, 0.25) is 0 Å². The van der Waals surface area contributed by atoms with Crippen LogP contribution in [0.4, 0.5) is 14.5 Å². The Balaban J connectivity index is 1.85. The van der Waals surface area contributed by atoms with E-state index >= 15 is 0 Å². The molecule has 1 N–H and O–H groups in total. The fraction of sp³-hybridized carbons (Fsp3) is 0.250. The van der Waals surface area contributed by atoms with E-state index in [0.717, 1.165) is 39.7 Å². The van der Waals surface area contributed by atoms with Gasteiger partial charge in [0.05, 0.1) is 11.2 Å². The molecule has 2 aliphatic heterocycles. The summed E-state index contributed by atoms with van der Waals surface area (Å²) < 4.78 is 36.9. The molecule has 5 heteroatoms. The molecule has 0 radical (unpaired) electrons. The largest absolute Gasteiger partial charge is 0.476 e. The van der Waals surface area contributed by atoms with E-state index in [9.17, 15) is 8.78 Å². The van der Waals surface area contributed by atoms with E-state index < -0.39 is 17.7 Å². The summed E-state index contributed by atoms with van der Waals surface area (Å²) in [7, 11) is 1.94. The Morgan fingerprint density at radius 3 is 2.62 bits per heavy atom. The van der Waals surface area contributed by atoms with E-state index in [0.29, 0.717) is 5.56 Å². The molecular formula is C24H22F2N2O. The predicted octanol–water partition coefficient (Wildman–Crippen LogP) is 6.06. The topological polar surface area (TPSA) is 26.2 Å². The van der Waals surface area contributed by atoms with Crippen LogP contribution in [0.3, 0.4) is 0 Å². The Hall–Kier alpha value is -3.08. The predicted molar refractivity (Wildman–Crippen MR) is 111 cm³/mol. The van der Waals surface area contributed by atoms with Crippen molar-refractivity contribution in [1.82, 2.24) is 4.57 Å². The summed E-state index contributed by atoms with van der Waals surface area (Å²) in [4.78, 5) is 0. The Morgan fingerprint density at radius 1 is 1.10 bits per heavy atom. The normalized spacial score (nSPS) is 18.7. The Bertz CT molecular complexity index is 1190. The second kappa shape index (κ2) is 5.96. The number of aromatic nitrogens is 1. The van der Waals surface area contributed by atoms with Crippen molar-refractivity contribution in [3.05, 3.63) is 77.1 Å². The molecule has 2 aromatic carbocycles. The first-order valence-corrected chi connectivity index (χ1v) is 9.67. The minimum Gasteiger partial charge on any atom is -0.476 e. The molecule has 29 heavy (non-hydrogen) atoms. The first kappa shape index (κ1) is 18.0. The summed E-state index contributed by atoms with van der Waals surface area (Å²) in [6.45, 7) is 6.31. The van der Waals surface area contributed by atoms with Gasteiger partial charge in [0.1, 0.15) is 5.82 Å². The van der Waals surface area contributed by atoms with E-state index in [1.807, 2.05) is 42.1 Å². The van der Waals surface area contributed by atoms with E-state index in [2.05, 4.69) is 32.2 Å². The lowest BCUT2D eigenvalue weighted by Gasteiger charge is -2.37. The third-order valence-electron chi connectivity index (χ3n) is 5.72. The lowest BCUT2D eigenvalue weighted by molar-refractivity contribution is 0.223. The van der Waals surface area contributed by atoms with Crippen molar-refractivity contribution < 1.29 is 13.5 Å². The van der Waals surface area contributed by atoms with E-state index in [4.69, 9.17) is 4.74 Å². The van der Waals surface area contributed by atoms with Crippen molar-refractivity contribution in [1.29, 1.82) is 0 Å². The first-order valence-electron chi connectivity index (χ1n) is 9.67. The summed E-state index contributed by atoms with van der Waals surface area (Å²) >= 11 is 0. The van der Waals surface area contributed by atoms with Crippen LogP contribution in [0.5, 0.6) is 5.75 Å². The fourth-order valence-electron chi connectivity index (χ4n) is 4.66. The maximum atomic E-state index is 14.7. The molecule has 3 heterocycles. The van der Waals surface area contributed by atoms with E-state index in [1.165, 1.54) is 6.07 Å². The van der Waals surface area contributed by atoms with Gasteiger partial charge in [-0.25, -0.2) is 8.78 Å². The van der Waals surface area contributed by atoms with Crippen molar-refractivity contribution in [2.45, 2.75) is 32.4 Å². The van der Waals surface area contributed by atoms with Gasteiger partial charge in [-0.05, 0) is 56.2 Å². The average molecular weight is 392 g/mol. The molecular weight excluding hydrogens is 370 g/mol. The molecule has 0 aliphatic carbocycles. The zero-order valence-electron chi connectivity index (χ0n) is 16.8. The Labute approximate surface area is 168 Å². The van der Waals surface area contributed by atoms with E-state index in [1.54, 1.807) is 0 Å². The first-order chi connectivity index (χ1) is 13.7. The number of benzene rings is 2. The van der Waals surface area contributed by atoms with Crippen molar-refractivity contribution in [3.63, 3.8) is 0 Å². The molecule has 3 nitrogen and oxygen atoms in total. The number of allylic oxidation sites excluding steroid dienone is 1. The van der Waals surface area contributed by atoms with Crippen LogP contribution in [-0.4, -0.2) is 10.1 Å². The maximum absolute atomic E-state index is 14.7. The molecule has 3 aromatic rings. The highest BCUT2D eigenvalue weighted by molar-refractivity contribution is 5.90. The van der Waals surface area contributed by atoms with E-state index in [-0.39, 0.29) is 11.3 Å². The van der Waals surface area contributed by atoms with Crippen LogP contribution < -0.4 is 10.1 Å². The third-order valence-corrected chi connectivity index (χ3v) is 5.72. The molecule has 0 saturated heterocycles. The lowest BCUT2D eigenvalue weighted by atomic mass is 9.81. The lowest BCUT2D eigenvalue weighted by Crippen LogP contribution is -2.32. The number of aryl methyl sites for hydroxylation is 1. The van der Waals surface area contributed by atoms with Gasteiger partial charge in [-0.15, -0.1) is 0 Å². The van der Waals surface area contributed by atoms with Crippen molar-refractivity contribution in [2.24, 2.45) is 7.05 Å². The standard InChI is InChI=1S/C24H22F2N2O/c1-13-12-24(2,3)27-18-8-7-15-16-10-14(25)11-17(26)22(16)29-23(21(15)20(13)18)19-6-5-9-28(19)4/h5-12,23,27H,1-4H3. The molecule has 1 aromatic heterocycles. The second-order valence-electron chi connectivity index (χ2n) is 8.43. The molecule has 148 valence electrons. The van der Waals surface area contributed by atoms with Gasteiger partial charge in [-0.2, -0.15) is 0 Å². The Kier molecular flexibility index (Phi) is 3.69. The van der Waals surface area contributed by atoms with Gasteiger partial charge in [-0.3, -0.25) is 0 Å². The van der Waals surface area contributed by atoms with Gasteiger partial charge in [0.15, 0.2) is 17.7 Å². The number of hydrogen-bond acceptors (Lipinski definition) is 2. The number of anilines is 1. The number of hydrogen-bond donors (Lipinski definition) is 1. The SMILES string of the molecule is CC1=CC(C)(C)Nc2ccc3c(c21)C(c1cccn1C)Oc1c(F)cc(F)cc1-3. The molecule has 0 fully saturated rings. The van der Waals surface area contributed by atoms with Crippen molar-refractivity contribution in [2.75, 3.05) is 5.32 Å². The van der Waals surface area contributed by atoms with Gasteiger partial charge < -0.3 is 14.6 Å². The van der Waals surface area contributed by atoms with Crippen LogP contribution >= 0.6 is 0 Å². The summed E-state index contributed by atoms with van der Waals surface area (Å²) in [5.74, 6) is -1.21. The number of halogens is 2. The molecule has 1 unspecified atom stereocenters. The molecule has 0 spiro atoms. The minimum absolute atomic E-state index is 0.0933. The summed E-state index contributed by atoms with van der Waals surface area (Å²) in [6.07, 6.45) is 3.62. The van der Waals surface area contributed by atoms with Gasteiger partial charge in [0, 0.05) is 41.7 Å². The average Bonchev–Trinajstić information content (AvgIpc) is 3.05. The number of fused-ring (bicyclic) bond motifs is 5. The quantitative estimate of drug-likeness (QED) is 0.545. The third kappa shape index (κ3) is 2.68. The molecule has 0 saturated carbocycles. The molecule has 5 rings (SSSR count). The smallest absolute Gasteiger partial charge is 0.168 e. The number of rotatable bonds is 1. The van der Waals surface area contributed by atoms with Crippen molar-refractivity contribution >= 4 is 11.3 Å². The van der Waals surface area contributed by atoms with Crippen LogP contribution in [0.1, 0.15) is 43.7 Å². The fourth-order valence-corrected chi connectivity index (χ4v) is 4.66. The van der Waals surface area contributed by atoms with Crippen LogP contribution in [0.25, 0.3) is 16.7 Å². The molecule has 2 aliphatic rings. The number of nitrogens with zero attached hydrogens (tertiary/aromatic N) is 1. The highest BCUT2D eigenvalue weighted by atomic mass is 19.1. The number of nitrogens with one attached hydrogen (secondary N) is 1. The van der Waals surface area contributed by atoms with Gasteiger partial charge in [0.25, 0.3) is 0 Å². The Morgan fingerprint density at radius 2 is 1.90 bits per heavy atom. The minimum atomic E-state index is -0.686. The highest BCUT2D eigenvalue weighted by Crippen LogP contribution is 2.51. The monoisotopic (exact) mass is 392 g/mol. The summed E-state index contributed by atoms with van der Waals surface area (Å²) in [5.41, 5.74) is 6.04. The van der Waals surface area contributed by atoms with Gasteiger partial charge >= 0.3 is 0 Å². The molecule has 0 bridgehead atoms. The summed E-state index contributed by atoms with van der Waals surface area (Å²) in [6, 6.07) is 10.1. The van der Waals surface area contributed by atoms with Crippen LogP contribution in [0.15, 0.2) is 48.7 Å². The van der Waals surface area contributed by atoms with Gasteiger partial charge in [-0.1, -0.05) is 12.1 Å². The van der Waals surface area contributed by atoms with Crippen LogP contribution in [-0.2, 0) is 7.05 Å². The second-order valence-corrected chi connectivity index (χ2v) is 8.43. The number of ether oxygens (including phenoxy) is 1. The zero-order chi connectivity index (χ0) is 20.5.